The molecule has 0 unspecified atom stereocenters. The van der Waals surface area contributed by atoms with Crippen LogP contribution in [0.1, 0.15) is 53.7 Å². The van der Waals surface area contributed by atoms with Crippen molar-refractivity contribution in [2.45, 2.75) is 77.9 Å². The van der Waals surface area contributed by atoms with Gasteiger partial charge in [0.1, 0.15) is 6.23 Å². The van der Waals surface area contributed by atoms with Gasteiger partial charge in [0.05, 0.1) is 19.0 Å². The van der Waals surface area contributed by atoms with E-state index in [1.807, 2.05) is 0 Å². The van der Waals surface area contributed by atoms with Gasteiger partial charge >= 0.3 is 0 Å². The molecule has 1 amide bonds. The molecule has 30 heavy (non-hydrogen) atoms. The Morgan fingerprint density at radius 1 is 1.40 bits per heavy atom. The van der Waals surface area contributed by atoms with Crippen molar-refractivity contribution in [1.29, 1.82) is 0 Å². The number of imidazole rings is 1. The lowest BCUT2D eigenvalue weighted by molar-refractivity contribution is -0.118. The maximum atomic E-state index is 12.4. The second-order valence-electron chi connectivity index (χ2n) is 9.74. The van der Waals surface area contributed by atoms with Gasteiger partial charge in [-0.05, 0) is 31.0 Å². The quantitative estimate of drug-likeness (QED) is 0.673. The Morgan fingerprint density at radius 2 is 2.10 bits per heavy atom. The normalized spacial score (nSPS) is 20.3. The van der Waals surface area contributed by atoms with Gasteiger partial charge in [0.15, 0.2) is 19.5 Å². The molecule has 0 spiro atoms. The topological polar surface area (TPSA) is 111 Å². The number of nitrogens with zero attached hydrogens (tertiary/aromatic N) is 3. The zero-order valence-electron chi connectivity index (χ0n) is 18.9. The number of hydrogen-bond donors (Lipinski definition) is 2. The predicted molar refractivity (Wildman–Crippen MR) is 118 cm³/mol. The van der Waals surface area contributed by atoms with Gasteiger partial charge in [0.25, 0.3) is 5.56 Å². The van der Waals surface area contributed by atoms with Gasteiger partial charge in [-0.2, -0.15) is 4.98 Å². The number of aromatic nitrogens is 4. The van der Waals surface area contributed by atoms with Crippen LogP contribution in [0.5, 0.6) is 0 Å². The van der Waals surface area contributed by atoms with Gasteiger partial charge in [-0.25, -0.2) is 4.98 Å². The molecule has 1 aliphatic heterocycles. The number of rotatable bonds is 6. The Morgan fingerprint density at radius 3 is 2.73 bits per heavy atom. The minimum Gasteiger partial charge on any atom is -0.414 e. The van der Waals surface area contributed by atoms with Gasteiger partial charge in [0.2, 0.25) is 11.9 Å². The number of ether oxygens (including phenoxy) is 1. The molecule has 10 heteroatoms. The fraction of sp³-hybridized carbons (Fsp3) is 0.700. The molecular weight excluding hydrogens is 402 g/mol. The fourth-order valence-electron chi connectivity index (χ4n) is 2.99. The van der Waals surface area contributed by atoms with Crippen LogP contribution in [0, 0.1) is 5.92 Å². The van der Waals surface area contributed by atoms with E-state index >= 15 is 0 Å². The summed E-state index contributed by atoms with van der Waals surface area (Å²) in [4.78, 5) is 35.5. The average molecular weight is 436 g/mol. The van der Waals surface area contributed by atoms with Crippen LogP contribution < -0.4 is 10.9 Å². The van der Waals surface area contributed by atoms with Crippen LogP contribution in [-0.2, 0) is 14.0 Å². The van der Waals surface area contributed by atoms with E-state index in [1.165, 1.54) is 0 Å². The van der Waals surface area contributed by atoms with E-state index in [9.17, 15) is 9.59 Å². The summed E-state index contributed by atoms with van der Waals surface area (Å²) in [5.41, 5.74) is 0.226. The van der Waals surface area contributed by atoms with Crippen molar-refractivity contribution in [2.24, 2.45) is 5.92 Å². The van der Waals surface area contributed by atoms with Crippen LogP contribution in [0.25, 0.3) is 11.2 Å². The standard InChI is InChI=1S/C20H33N5O4Si/c1-12(2)17(26)23-19-22-16-15(18(27)24-19)21-11-25(16)14-9-8-13(29-14)10-28-30(6,7)20(3,4)5/h11-14H,8-10H2,1-7H3,(H2,22,23,24,26,27)/t13-,14-/m0/s1. The minimum atomic E-state index is -1.84. The van der Waals surface area contributed by atoms with Crippen molar-refractivity contribution >= 4 is 31.3 Å². The molecule has 0 bridgehead atoms. The number of carbonyl (C=O) groups is 1. The molecule has 166 valence electrons. The third kappa shape index (κ3) is 4.65. The first kappa shape index (κ1) is 22.6. The van der Waals surface area contributed by atoms with E-state index in [1.54, 1.807) is 24.7 Å². The monoisotopic (exact) mass is 435 g/mol. The van der Waals surface area contributed by atoms with Gasteiger partial charge in [-0.3, -0.25) is 24.5 Å². The number of H-pyrrole nitrogens is 1. The van der Waals surface area contributed by atoms with E-state index in [4.69, 9.17) is 9.16 Å². The zero-order valence-corrected chi connectivity index (χ0v) is 19.9. The number of hydrogen-bond acceptors (Lipinski definition) is 6. The third-order valence-electron chi connectivity index (χ3n) is 6.03. The molecule has 3 heterocycles. The summed E-state index contributed by atoms with van der Waals surface area (Å²) >= 11 is 0. The van der Waals surface area contributed by atoms with Crippen molar-refractivity contribution in [2.75, 3.05) is 11.9 Å². The van der Waals surface area contributed by atoms with E-state index in [0.29, 0.717) is 12.3 Å². The van der Waals surface area contributed by atoms with Gasteiger partial charge in [0, 0.05) is 5.92 Å². The van der Waals surface area contributed by atoms with E-state index < -0.39 is 13.9 Å². The molecule has 3 rings (SSSR count). The largest absolute Gasteiger partial charge is 0.414 e. The minimum absolute atomic E-state index is 0.0105. The average Bonchev–Trinajstić information content (AvgIpc) is 3.25. The lowest BCUT2D eigenvalue weighted by atomic mass is 10.2. The summed E-state index contributed by atoms with van der Waals surface area (Å²) in [6.07, 6.45) is 2.93. The van der Waals surface area contributed by atoms with Crippen molar-refractivity contribution in [1.82, 2.24) is 19.5 Å². The summed E-state index contributed by atoms with van der Waals surface area (Å²) in [5.74, 6) is -0.331. The Hall–Kier alpha value is -2.04. The highest BCUT2D eigenvalue weighted by Crippen LogP contribution is 2.38. The van der Waals surface area contributed by atoms with Crippen LogP contribution in [0.3, 0.4) is 0 Å². The molecule has 0 aliphatic carbocycles. The number of anilines is 1. The molecule has 1 saturated heterocycles. The summed E-state index contributed by atoms with van der Waals surface area (Å²) in [6, 6.07) is 0. The van der Waals surface area contributed by atoms with Gasteiger partial charge < -0.3 is 9.16 Å². The molecule has 2 N–H and O–H groups in total. The molecule has 2 atom stereocenters. The molecule has 0 aromatic carbocycles. The van der Waals surface area contributed by atoms with Crippen LogP contribution in [0.4, 0.5) is 5.95 Å². The molecule has 0 radical (unpaired) electrons. The molecule has 1 fully saturated rings. The summed E-state index contributed by atoms with van der Waals surface area (Å²) < 4.78 is 14.3. The number of amides is 1. The number of aromatic amines is 1. The zero-order chi connectivity index (χ0) is 22.3. The highest BCUT2D eigenvalue weighted by Gasteiger charge is 2.38. The Balaban J connectivity index is 1.75. The van der Waals surface area contributed by atoms with Crippen molar-refractivity contribution in [3.05, 3.63) is 16.7 Å². The lowest BCUT2D eigenvalue weighted by Gasteiger charge is -2.36. The van der Waals surface area contributed by atoms with Crippen LogP contribution in [0.2, 0.25) is 18.1 Å². The SMILES string of the molecule is CC(C)C(=O)Nc1nc2c(ncn2[C@@H]2CC[C@@H](CO[Si](C)(C)C(C)(C)C)O2)c(=O)[nH]1. The number of fused-ring (bicyclic) bond motifs is 1. The van der Waals surface area contributed by atoms with Gasteiger partial charge in [-0.1, -0.05) is 34.6 Å². The first-order valence-corrected chi connectivity index (χ1v) is 13.4. The van der Waals surface area contributed by atoms with Gasteiger partial charge in [-0.15, -0.1) is 0 Å². The lowest BCUT2D eigenvalue weighted by Crippen LogP contribution is -2.42. The summed E-state index contributed by atoms with van der Waals surface area (Å²) in [6.45, 7) is 15.2. The second-order valence-corrected chi connectivity index (χ2v) is 14.6. The molecule has 9 nitrogen and oxygen atoms in total. The molecule has 1 aliphatic rings. The van der Waals surface area contributed by atoms with E-state index in [-0.39, 0.29) is 40.7 Å². The summed E-state index contributed by atoms with van der Waals surface area (Å²) in [5, 5.41) is 2.78. The number of carbonyl (C=O) groups excluding carboxylic acids is 1. The van der Waals surface area contributed by atoms with Crippen LogP contribution in [0.15, 0.2) is 11.1 Å². The van der Waals surface area contributed by atoms with Crippen molar-refractivity contribution in [3.63, 3.8) is 0 Å². The Bertz CT molecular complexity index is 976. The Kier molecular flexibility index (Phi) is 6.22. The summed E-state index contributed by atoms with van der Waals surface area (Å²) in [7, 11) is -1.84. The first-order chi connectivity index (χ1) is 13.9. The van der Waals surface area contributed by atoms with E-state index in [2.05, 4.69) is 54.1 Å². The molecular formula is C20H33N5O4Si. The second kappa shape index (κ2) is 8.24. The smallest absolute Gasteiger partial charge is 0.280 e. The molecule has 0 saturated carbocycles. The fourth-order valence-corrected chi connectivity index (χ4v) is 4.02. The molecule has 2 aromatic rings. The highest BCUT2D eigenvalue weighted by atomic mass is 28.4. The first-order valence-electron chi connectivity index (χ1n) is 10.5. The van der Waals surface area contributed by atoms with Crippen LogP contribution >= 0.6 is 0 Å². The Labute approximate surface area is 177 Å². The number of nitrogens with one attached hydrogen (secondary N) is 2. The maximum absolute atomic E-state index is 12.4. The van der Waals surface area contributed by atoms with E-state index in [0.717, 1.165) is 12.8 Å². The highest BCUT2D eigenvalue weighted by molar-refractivity contribution is 6.74. The predicted octanol–water partition coefficient (Wildman–Crippen LogP) is 3.41. The maximum Gasteiger partial charge on any atom is 0.280 e. The van der Waals surface area contributed by atoms with Crippen molar-refractivity contribution < 1.29 is 14.0 Å². The molecule has 2 aromatic heterocycles. The van der Waals surface area contributed by atoms with Crippen molar-refractivity contribution in [3.8, 4) is 0 Å². The third-order valence-corrected chi connectivity index (χ3v) is 10.5. The van der Waals surface area contributed by atoms with Crippen LogP contribution in [-0.4, -0.2) is 46.5 Å².